The highest BCUT2D eigenvalue weighted by Crippen LogP contribution is 2.25. The minimum absolute atomic E-state index is 1.04. The van der Waals surface area contributed by atoms with Gasteiger partial charge in [-0.05, 0) is 38.3 Å². The summed E-state index contributed by atoms with van der Waals surface area (Å²) < 4.78 is 0. The van der Waals surface area contributed by atoms with E-state index in [1.807, 2.05) is 0 Å². The Bertz CT molecular complexity index is 144. The molecule has 96 valence electrons. The molecule has 2 heteroatoms. The zero-order valence-corrected chi connectivity index (χ0v) is 12.2. The molecule has 1 aliphatic rings. The van der Waals surface area contributed by atoms with Gasteiger partial charge in [0.05, 0.1) is 0 Å². The predicted octanol–water partition coefficient (Wildman–Crippen LogP) is 4.50. The van der Waals surface area contributed by atoms with Gasteiger partial charge in [0.1, 0.15) is 0 Å². The fraction of sp³-hybridized carbons (Fsp3) is 1.00. The molecule has 0 aliphatic heterocycles. The van der Waals surface area contributed by atoms with Gasteiger partial charge in [-0.15, -0.1) is 0 Å². The van der Waals surface area contributed by atoms with Crippen LogP contribution in [0.25, 0.3) is 0 Å². The van der Waals surface area contributed by atoms with Gasteiger partial charge in [0, 0.05) is 5.33 Å². The van der Waals surface area contributed by atoms with Gasteiger partial charge >= 0.3 is 0 Å². The number of hydrogen-bond donors (Lipinski definition) is 1. The first kappa shape index (κ1) is 14.5. The minimum Gasteiger partial charge on any atom is -0.317 e. The van der Waals surface area contributed by atoms with Gasteiger partial charge in [0.25, 0.3) is 0 Å². The zero-order valence-electron chi connectivity index (χ0n) is 10.6. The molecule has 0 radical (unpaired) electrons. The molecule has 0 bridgehead atoms. The lowest BCUT2D eigenvalue weighted by Crippen LogP contribution is -2.20. The monoisotopic (exact) mass is 289 g/mol. The largest absolute Gasteiger partial charge is 0.317 e. The van der Waals surface area contributed by atoms with Crippen LogP contribution in [0, 0.1) is 5.92 Å². The van der Waals surface area contributed by atoms with E-state index in [-0.39, 0.29) is 0 Å². The predicted molar refractivity (Wildman–Crippen MR) is 76.3 cm³/mol. The van der Waals surface area contributed by atoms with Crippen molar-refractivity contribution < 1.29 is 0 Å². The van der Waals surface area contributed by atoms with Crippen LogP contribution in [-0.2, 0) is 0 Å². The van der Waals surface area contributed by atoms with Crippen LogP contribution in [0.4, 0.5) is 0 Å². The van der Waals surface area contributed by atoms with Crippen molar-refractivity contribution in [2.24, 2.45) is 5.92 Å². The molecule has 1 rings (SSSR count). The van der Waals surface area contributed by atoms with Crippen molar-refractivity contribution in [3.63, 3.8) is 0 Å². The molecule has 0 aromatic heterocycles. The lowest BCUT2D eigenvalue weighted by molar-refractivity contribution is 0.333. The second kappa shape index (κ2) is 10.6. The Balaban J connectivity index is 1.77. The average molecular weight is 290 g/mol. The Kier molecular flexibility index (Phi) is 9.59. The van der Waals surface area contributed by atoms with Gasteiger partial charge in [-0.1, -0.05) is 60.9 Å². The van der Waals surface area contributed by atoms with Crippen LogP contribution in [-0.4, -0.2) is 18.4 Å². The third-order valence-corrected chi connectivity index (χ3v) is 4.25. The first-order valence-electron chi connectivity index (χ1n) is 7.20. The Hall–Kier alpha value is 0.440. The average Bonchev–Trinajstić information content (AvgIpc) is 2.34. The van der Waals surface area contributed by atoms with Gasteiger partial charge in [-0.25, -0.2) is 0 Å². The Morgan fingerprint density at radius 2 is 1.62 bits per heavy atom. The van der Waals surface area contributed by atoms with Gasteiger partial charge < -0.3 is 5.32 Å². The third-order valence-electron chi connectivity index (χ3n) is 3.69. The Morgan fingerprint density at radius 1 is 0.875 bits per heavy atom. The maximum Gasteiger partial charge on any atom is 0.00313 e. The maximum absolute atomic E-state index is 3.60. The highest BCUT2D eigenvalue weighted by molar-refractivity contribution is 9.09. The number of rotatable bonds is 9. The molecular weight excluding hydrogens is 262 g/mol. The van der Waals surface area contributed by atoms with E-state index in [2.05, 4.69) is 21.2 Å². The fourth-order valence-corrected chi connectivity index (χ4v) is 3.00. The molecule has 0 atom stereocenters. The standard InChI is InChI=1S/C14H28BrN/c15-11-6-1-2-7-12-16-13-10-14-8-4-3-5-9-14/h14,16H,1-13H2. The van der Waals surface area contributed by atoms with Crippen molar-refractivity contribution in [1.82, 2.24) is 5.32 Å². The number of alkyl halides is 1. The summed E-state index contributed by atoms with van der Waals surface area (Å²) in [6, 6.07) is 0. The maximum atomic E-state index is 3.60. The molecular formula is C14H28BrN. The molecule has 0 unspecified atom stereocenters. The highest BCUT2D eigenvalue weighted by Gasteiger charge is 2.12. The van der Waals surface area contributed by atoms with Crippen molar-refractivity contribution in [3.8, 4) is 0 Å². The van der Waals surface area contributed by atoms with Crippen LogP contribution < -0.4 is 5.32 Å². The van der Waals surface area contributed by atoms with Crippen LogP contribution >= 0.6 is 15.9 Å². The SMILES string of the molecule is BrCCCCCCNCCC1CCCCC1. The van der Waals surface area contributed by atoms with Crippen molar-refractivity contribution in [2.45, 2.75) is 64.2 Å². The summed E-state index contributed by atoms with van der Waals surface area (Å²) in [5, 5.41) is 4.77. The molecule has 1 saturated carbocycles. The number of nitrogens with one attached hydrogen (secondary N) is 1. The number of hydrogen-bond acceptors (Lipinski definition) is 1. The van der Waals surface area contributed by atoms with E-state index >= 15 is 0 Å². The van der Waals surface area contributed by atoms with Gasteiger partial charge in [0.2, 0.25) is 0 Å². The molecule has 0 aromatic carbocycles. The van der Waals surface area contributed by atoms with Crippen LogP contribution in [0.1, 0.15) is 64.2 Å². The fourth-order valence-electron chi connectivity index (χ4n) is 2.61. The van der Waals surface area contributed by atoms with Crippen molar-refractivity contribution in [3.05, 3.63) is 0 Å². The van der Waals surface area contributed by atoms with Gasteiger partial charge in [0.15, 0.2) is 0 Å². The van der Waals surface area contributed by atoms with E-state index in [4.69, 9.17) is 0 Å². The van der Waals surface area contributed by atoms with E-state index in [0.717, 1.165) is 5.92 Å². The van der Waals surface area contributed by atoms with Crippen molar-refractivity contribution in [1.29, 1.82) is 0 Å². The topological polar surface area (TPSA) is 12.0 Å². The molecule has 0 aromatic rings. The van der Waals surface area contributed by atoms with Crippen LogP contribution in [0.3, 0.4) is 0 Å². The minimum atomic E-state index is 1.04. The number of halogens is 1. The van der Waals surface area contributed by atoms with Crippen LogP contribution in [0.5, 0.6) is 0 Å². The summed E-state index contributed by atoms with van der Waals surface area (Å²) in [7, 11) is 0. The number of unbranched alkanes of at least 4 members (excludes halogenated alkanes) is 3. The molecule has 0 spiro atoms. The molecule has 1 aliphatic carbocycles. The van der Waals surface area contributed by atoms with Gasteiger partial charge in [-0.2, -0.15) is 0 Å². The van der Waals surface area contributed by atoms with Gasteiger partial charge in [-0.3, -0.25) is 0 Å². The van der Waals surface area contributed by atoms with Crippen molar-refractivity contribution >= 4 is 15.9 Å². The van der Waals surface area contributed by atoms with E-state index in [1.165, 1.54) is 82.6 Å². The smallest absolute Gasteiger partial charge is 0.00313 e. The second-order valence-corrected chi connectivity index (χ2v) is 5.94. The quantitative estimate of drug-likeness (QED) is 0.487. The molecule has 1 fully saturated rings. The first-order chi connectivity index (χ1) is 7.93. The highest BCUT2D eigenvalue weighted by atomic mass is 79.9. The molecule has 0 heterocycles. The van der Waals surface area contributed by atoms with E-state index in [9.17, 15) is 0 Å². The van der Waals surface area contributed by atoms with E-state index in [1.54, 1.807) is 0 Å². The lowest BCUT2D eigenvalue weighted by Gasteiger charge is -2.21. The normalized spacial score (nSPS) is 17.8. The molecule has 0 amide bonds. The molecule has 0 saturated heterocycles. The van der Waals surface area contributed by atoms with E-state index in [0.29, 0.717) is 0 Å². The summed E-state index contributed by atoms with van der Waals surface area (Å²) in [4.78, 5) is 0. The lowest BCUT2D eigenvalue weighted by atomic mass is 9.87. The van der Waals surface area contributed by atoms with Crippen LogP contribution in [0.2, 0.25) is 0 Å². The third kappa shape index (κ3) is 7.67. The Labute approximate surface area is 110 Å². The summed E-state index contributed by atoms with van der Waals surface area (Å²) >= 11 is 3.47. The first-order valence-corrected chi connectivity index (χ1v) is 8.32. The summed E-state index contributed by atoms with van der Waals surface area (Å²) in [5.41, 5.74) is 0. The summed E-state index contributed by atoms with van der Waals surface area (Å²) in [6.07, 6.45) is 14.3. The molecule has 16 heavy (non-hydrogen) atoms. The van der Waals surface area contributed by atoms with Crippen molar-refractivity contribution in [2.75, 3.05) is 18.4 Å². The summed E-state index contributed by atoms with van der Waals surface area (Å²) in [5.74, 6) is 1.04. The zero-order chi connectivity index (χ0) is 11.5. The van der Waals surface area contributed by atoms with Crippen LogP contribution in [0.15, 0.2) is 0 Å². The molecule has 1 N–H and O–H groups in total. The Morgan fingerprint density at radius 3 is 2.38 bits per heavy atom. The molecule has 1 nitrogen and oxygen atoms in total. The van der Waals surface area contributed by atoms with E-state index < -0.39 is 0 Å². The summed E-state index contributed by atoms with van der Waals surface area (Å²) in [6.45, 7) is 2.48. The second-order valence-electron chi connectivity index (χ2n) is 5.15.